The second-order valence-electron chi connectivity index (χ2n) is 4.24. The molecule has 2 aromatic rings. The first kappa shape index (κ1) is 15.8. The summed E-state index contributed by atoms with van der Waals surface area (Å²) >= 11 is 4.30. The smallest absolute Gasteiger partial charge is 0.337 e. The Bertz CT molecular complexity index is 795. The molecule has 6 nitrogen and oxygen atoms in total. The van der Waals surface area contributed by atoms with Gasteiger partial charge in [0.2, 0.25) is 0 Å². The molecule has 0 radical (unpaired) electrons. The molecule has 0 fully saturated rings. The van der Waals surface area contributed by atoms with Crippen molar-refractivity contribution < 1.29 is 18.3 Å². The first-order chi connectivity index (χ1) is 9.70. The Hall–Kier alpha value is -1.58. The lowest BCUT2D eigenvalue weighted by molar-refractivity contribution is 0.0698. The van der Waals surface area contributed by atoms with Crippen molar-refractivity contribution in [2.24, 2.45) is 0 Å². The number of hydrogen-bond acceptors (Lipinski definition) is 5. The van der Waals surface area contributed by atoms with Gasteiger partial charge >= 0.3 is 5.97 Å². The van der Waals surface area contributed by atoms with E-state index in [9.17, 15) is 13.2 Å². The van der Waals surface area contributed by atoms with Gasteiger partial charge in [-0.1, -0.05) is 0 Å². The summed E-state index contributed by atoms with van der Waals surface area (Å²) in [5, 5.41) is 9.09. The number of aryl methyl sites for hydroxylation is 1. The zero-order valence-electron chi connectivity index (χ0n) is 10.8. The van der Waals surface area contributed by atoms with Gasteiger partial charge in [-0.25, -0.2) is 13.2 Å². The van der Waals surface area contributed by atoms with Crippen molar-refractivity contribution in [3.8, 4) is 0 Å². The van der Waals surface area contributed by atoms with Gasteiger partial charge in [0.05, 0.1) is 15.0 Å². The number of carbonyl (C=O) groups is 1. The predicted octanol–water partition coefficient (Wildman–Crippen LogP) is 2.90. The normalized spacial score (nSPS) is 11.3. The summed E-state index contributed by atoms with van der Waals surface area (Å²) in [7, 11) is -3.87. The Labute approximate surface area is 133 Å². The van der Waals surface area contributed by atoms with E-state index in [4.69, 9.17) is 10.8 Å². The van der Waals surface area contributed by atoms with Gasteiger partial charge in [0.25, 0.3) is 10.0 Å². The van der Waals surface area contributed by atoms with E-state index < -0.39 is 16.0 Å². The Morgan fingerprint density at radius 3 is 2.57 bits per heavy atom. The molecule has 0 spiro atoms. The lowest BCUT2D eigenvalue weighted by atomic mass is 10.1. The number of hydrogen-bond donors (Lipinski definition) is 3. The Morgan fingerprint density at radius 2 is 2.05 bits per heavy atom. The first-order valence-corrected chi connectivity index (χ1v) is 8.71. The van der Waals surface area contributed by atoms with Crippen molar-refractivity contribution in [1.82, 2.24) is 0 Å². The molecule has 0 saturated heterocycles. The van der Waals surface area contributed by atoms with E-state index in [1.54, 1.807) is 6.92 Å². The van der Waals surface area contributed by atoms with E-state index in [-0.39, 0.29) is 21.1 Å². The minimum absolute atomic E-state index is 0.0651. The zero-order valence-corrected chi connectivity index (χ0v) is 14.0. The van der Waals surface area contributed by atoms with Gasteiger partial charge in [-0.2, -0.15) is 0 Å². The molecule has 1 heterocycles. The van der Waals surface area contributed by atoms with Crippen LogP contribution in [0.5, 0.6) is 0 Å². The molecule has 0 bridgehead atoms. The number of carboxylic acids is 1. The predicted molar refractivity (Wildman–Crippen MR) is 85.4 cm³/mol. The lowest BCUT2D eigenvalue weighted by Gasteiger charge is -2.10. The SMILES string of the molecule is Cc1cc(S(=O)(=O)Nc2cc(N)ccc2C(=O)O)sc1Br. The third-order valence-corrected chi connectivity index (χ3v) is 6.59. The average Bonchev–Trinajstić information content (AvgIpc) is 2.69. The van der Waals surface area contributed by atoms with Crippen LogP contribution in [-0.4, -0.2) is 19.5 Å². The highest BCUT2D eigenvalue weighted by Gasteiger charge is 2.21. The topological polar surface area (TPSA) is 109 Å². The van der Waals surface area contributed by atoms with Crippen molar-refractivity contribution in [1.29, 1.82) is 0 Å². The standard InChI is InChI=1S/C12H11BrN2O4S2/c1-6-4-10(20-11(6)13)21(18,19)15-9-5-7(14)2-3-8(9)12(16)17/h2-5,15H,14H2,1H3,(H,16,17). The molecule has 112 valence electrons. The highest BCUT2D eigenvalue weighted by molar-refractivity contribution is 9.11. The first-order valence-electron chi connectivity index (χ1n) is 5.62. The number of benzene rings is 1. The summed E-state index contributed by atoms with van der Waals surface area (Å²) in [6.07, 6.45) is 0. The van der Waals surface area contributed by atoms with E-state index >= 15 is 0 Å². The van der Waals surface area contributed by atoms with Gasteiger partial charge in [-0.3, -0.25) is 4.72 Å². The maximum atomic E-state index is 12.3. The van der Waals surface area contributed by atoms with Gasteiger partial charge in [-0.05, 0) is 52.7 Å². The van der Waals surface area contributed by atoms with E-state index in [2.05, 4.69) is 20.7 Å². The number of aromatic carboxylic acids is 1. The third-order valence-electron chi connectivity index (χ3n) is 2.62. The number of nitrogens with two attached hydrogens (primary N) is 1. The minimum atomic E-state index is -3.87. The number of halogens is 1. The molecule has 2 rings (SSSR count). The highest BCUT2D eigenvalue weighted by atomic mass is 79.9. The number of nitrogen functional groups attached to an aromatic ring is 1. The molecular weight excluding hydrogens is 380 g/mol. The van der Waals surface area contributed by atoms with Crippen LogP contribution in [0.25, 0.3) is 0 Å². The lowest BCUT2D eigenvalue weighted by Crippen LogP contribution is -2.14. The van der Waals surface area contributed by atoms with Crippen LogP contribution in [-0.2, 0) is 10.0 Å². The summed E-state index contributed by atoms with van der Waals surface area (Å²) in [6.45, 7) is 1.77. The van der Waals surface area contributed by atoms with Crippen LogP contribution >= 0.6 is 27.3 Å². The van der Waals surface area contributed by atoms with Crippen LogP contribution in [0.15, 0.2) is 32.3 Å². The molecule has 1 aromatic carbocycles. The van der Waals surface area contributed by atoms with Gasteiger partial charge in [-0.15, -0.1) is 11.3 Å². The van der Waals surface area contributed by atoms with Crippen LogP contribution in [0, 0.1) is 6.92 Å². The van der Waals surface area contributed by atoms with E-state index in [1.807, 2.05) is 0 Å². The largest absolute Gasteiger partial charge is 0.478 e. The molecule has 0 unspecified atom stereocenters. The molecule has 0 aliphatic rings. The fourth-order valence-electron chi connectivity index (χ4n) is 1.59. The molecule has 1 aromatic heterocycles. The van der Waals surface area contributed by atoms with Gasteiger partial charge in [0, 0.05) is 5.69 Å². The molecular formula is C12H11BrN2O4S2. The molecule has 0 saturated carbocycles. The Kier molecular flexibility index (Phi) is 4.26. The highest BCUT2D eigenvalue weighted by Crippen LogP contribution is 2.32. The molecule has 0 atom stereocenters. The number of rotatable bonds is 4. The second-order valence-corrected chi connectivity index (χ2v) is 8.52. The zero-order chi connectivity index (χ0) is 15.8. The summed E-state index contributed by atoms with van der Waals surface area (Å²) < 4.78 is 27.7. The average molecular weight is 391 g/mol. The maximum absolute atomic E-state index is 12.3. The third kappa shape index (κ3) is 3.36. The Balaban J connectivity index is 2.45. The quantitative estimate of drug-likeness (QED) is 0.695. The Morgan fingerprint density at radius 1 is 1.38 bits per heavy atom. The monoisotopic (exact) mass is 390 g/mol. The second kappa shape index (κ2) is 5.66. The van der Waals surface area contributed by atoms with Crippen LogP contribution in [0.1, 0.15) is 15.9 Å². The van der Waals surface area contributed by atoms with E-state index in [0.717, 1.165) is 16.9 Å². The van der Waals surface area contributed by atoms with Crippen molar-refractivity contribution >= 4 is 54.6 Å². The minimum Gasteiger partial charge on any atom is -0.478 e. The molecule has 0 aliphatic carbocycles. The molecule has 4 N–H and O–H groups in total. The van der Waals surface area contributed by atoms with Crippen LogP contribution in [0.2, 0.25) is 0 Å². The van der Waals surface area contributed by atoms with E-state index in [1.165, 1.54) is 24.3 Å². The summed E-state index contributed by atoms with van der Waals surface area (Å²) in [5.41, 5.74) is 6.40. The van der Waals surface area contributed by atoms with Crippen LogP contribution < -0.4 is 10.5 Å². The van der Waals surface area contributed by atoms with Crippen molar-refractivity contribution in [3.05, 3.63) is 39.2 Å². The number of anilines is 2. The summed E-state index contributed by atoms with van der Waals surface area (Å²) in [6, 6.07) is 5.43. The molecule has 21 heavy (non-hydrogen) atoms. The molecule has 9 heteroatoms. The maximum Gasteiger partial charge on any atom is 0.337 e. The molecule has 0 amide bonds. The number of sulfonamides is 1. The van der Waals surface area contributed by atoms with Crippen molar-refractivity contribution in [2.75, 3.05) is 10.5 Å². The van der Waals surface area contributed by atoms with E-state index in [0.29, 0.717) is 3.79 Å². The van der Waals surface area contributed by atoms with Crippen molar-refractivity contribution in [3.63, 3.8) is 0 Å². The number of nitrogens with one attached hydrogen (secondary N) is 1. The van der Waals surface area contributed by atoms with Gasteiger partial charge < -0.3 is 10.8 Å². The summed E-state index contributed by atoms with van der Waals surface area (Å²) in [5.74, 6) is -1.24. The van der Waals surface area contributed by atoms with Gasteiger partial charge in [0.15, 0.2) is 0 Å². The number of thiophene rings is 1. The van der Waals surface area contributed by atoms with Gasteiger partial charge in [0.1, 0.15) is 4.21 Å². The molecule has 0 aliphatic heterocycles. The fraction of sp³-hybridized carbons (Fsp3) is 0.0833. The van der Waals surface area contributed by atoms with Crippen molar-refractivity contribution in [2.45, 2.75) is 11.1 Å². The number of carboxylic acid groups (broad SMARTS) is 1. The fourth-order valence-corrected chi connectivity index (χ4v) is 4.89. The van der Waals surface area contributed by atoms with Crippen LogP contribution in [0.4, 0.5) is 11.4 Å². The summed E-state index contributed by atoms with van der Waals surface area (Å²) in [4.78, 5) is 11.1. The van der Waals surface area contributed by atoms with Crippen LogP contribution in [0.3, 0.4) is 0 Å².